The van der Waals surface area contributed by atoms with Crippen molar-refractivity contribution in [3.05, 3.63) is 35.4 Å². The summed E-state index contributed by atoms with van der Waals surface area (Å²) in [6.07, 6.45) is 1.57. The van der Waals surface area contributed by atoms with Crippen LogP contribution in [-0.4, -0.2) is 33.5 Å². The summed E-state index contributed by atoms with van der Waals surface area (Å²) in [4.78, 5) is 16.9. The highest BCUT2D eigenvalue weighted by Gasteiger charge is 2.49. The van der Waals surface area contributed by atoms with Crippen LogP contribution in [0.4, 0.5) is 0 Å². The lowest BCUT2D eigenvalue weighted by Crippen LogP contribution is -2.61. The van der Waals surface area contributed by atoms with Gasteiger partial charge in [-0.25, -0.2) is 0 Å². The third kappa shape index (κ3) is 1.69. The number of fused-ring (bicyclic) bond motifs is 3. The van der Waals surface area contributed by atoms with Gasteiger partial charge in [-0.3, -0.25) is 4.79 Å². The minimum atomic E-state index is -1.39. The van der Waals surface area contributed by atoms with Crippen LogP contribution in [0, 0.1) is 0 Å². The van der Waals surface area contributed by atoms with E-state index in [0.29, 0.717) is 5.71 Å². The number of ketones is 1. The van der Waals surface area contributed by atoms with Gasteiger partial charge in [0.15, 0.2) is 5.78 Å². The Hall–Kier alpha value is -1.72. The summed E-state index contributed by atoms with van der Waals surface area (Å²) in [5, 5.41) is 15.4. The molecule has 0 bridgehead atoms. The maximum absolute atomic E-state index is 11.7. The number of hydroxylamine groups is 2. The van der Waals surface area contributed by atoms with E-state index in [9.17, 15) is 10.0 Å². The van der Waals surface area contributed by atoms with Gasteiger partial charge < -0.3 is 10.0 Å². The first kappa shape index (κ1) is 12.3. The van der Waals surface area contributed by atoms with E-state index in [4.69, 9.17) is 4.84 Å². The molecule has 0 saturated heterocycles. The molecule has 1 aliphatic carbocycles. The zero-order valence-electron chi connectivity index (χ0n) is 11.0. The quantitative estimate of drug-likeness (QED) is 0.835. The number of carbonyl (C=O) groups is 1. The minimum Gasteiger partial charge on any atom is -0.363 e. The molecule has 5 heteroatoms. The normalized spacial score (nSPS) is 29.8. The van der Waals surface area contributed by atoms with Crippen molar-refractivity contribution >= 4 is 11.5 Å². The summed E-state index contributed by atoms with van der Waals surface area (Å²) in [5.74, 6) is -0.267. The van der Waals surface area contributed by atoms with E-state index in [1.54, 1.807) is 0 Å². The molecule has 100 valence electrons. The molecular formula is C14H16N2O3. The van der Waals surface area contributed by atoms with Crippen LogP contribution in [0.5, 0.6) is 0 Å². The molecular weight excluding hydrogens is 244 g/mol. The average molecular weight is 260 g/mol. The largest absolute Gasteiger partial charge is 0.363 e. The molecule has 0 amide bonds. The molecule has 2 aliphatic rings. The zero-order valence-corrected chi connectivity index (χ0v) is 11.0. The van der Waals surface area contributed by atoms with Crippen LogP contribution < -0.4 is 0 Å². The molecule has 1 aliphatic heterocycles. The third-order valence-corrected chi connectivity index (χ3v) is 4.00. The highest BCUT2D eigenvalue weighted by Crippen LogP contribution is 2.33. The summed E-state index contributed by atoms with van der Waals surface area (Å²) in [6.45, 7) is 2.93. The number of hydrogen-bond donors (Lipinski definition) is 1. The fourth-order valence-corrected chi connectivity index (χ4v) is 2.65. The fraction of sp³-hybridized carbons (Fsp3) is 0.429. The Morgan fingerprint density at radius 2 is 2.26 bits per heavy atom. The van der Waals surface area contributed by atoms with Gasteiger partial charge in [-0.2, -0.15) is 0 Å². The van der Waals surface area contributed by atoms with Gasteiger partial charge in [0.2, 0.25) is 0 Å². The molecule has 2 atom stereocenters. The number of rotatable bonds is 1. The number of hydrogen-bond acceptors (Lipinski definition) is 5. The van der Waals surface area contributed by atoms with Gasteiger partial charge in [-0.15, -0.1) is 5.06 Å². The minimum absolute atomic E-state index is 0.267. The molecule has 1 aromatic rings. The molecule has 19 heavy (non-hydrogen) atoms. The van der Waals surface area contributed by atoms with Gasteiger partial charge in [-0.05, 0) is 18.4 Å². The standard InChI is InChI=1S/C14H16N2O3/c1-9(17)14(2)16(18)12-8-7-10-5-3-4-6-11(10)13(12)15-19-14/h3-6,12,18H,7-8H2,1-2H3/t12-,14+/m0/s1. The predicted octanol–water partition coefficient (Wildman–Crippen LogP) is 1.73. The zero-order chi connectivity index (χ0) is 13.6. The molecule has 0 fully saturated rings. The second-order valence-corrected chi connectivity index (χ2v) is 5.16. The first-order valence-electron chi connectivity index (χ1n) is 6.37. The number of aryl methyl sites for hydroxylation is 1. The molecule has 3 rings (SSSR count). The summed E-state index contributed by atoms with van der Waals surface area (Å²) >= 11 is 0. The van der Waals surface area contributed by atoms with Gasteiger partial charge >= 0.3 is 0 Å². The van der Waals surface area contributed by atoms with Crippen molar-refractivity contribution in [2.24, 2.45) is 5.16 Å². The van der Waals surface area contributed by atoms with Crippen LogP contribution in [0.25, 0.3) is 0 Å². The van der Waals surface area contributed by atoms with Crippen molar-refractivity contribution in [2.45, 2.75) is 38.5 Å². The Morgan fingerprint density at radius 1 is 1.53 bits per heavy atom. The molecule has 1 aromatic carbocycles. The molecule has 0 radical (unpaired) electrons. The van der Waals surface area contributed by atoms with Crippen molar-refractivity contribution in [3.63, 3.8) is 0 Å². The van der Waals surface area contributed by atoms with Crippen molar-refractivity contribution in [2.75, 3.05) is 0 Å². The average Bonchev–Trinajstić information content (AvgIpc) is 2.42. The van der Waals surface area contributed by atoms with Crippen molar-refractivity contribution < 1.29 is 14.8 Å². The second-order valence-electron chi connectivity index (χ2n) is 5.16. The summed E-state index contributed by atoms with van der Waals surface area (Å²) in [6, 6.07) is 7.64. The highest BCUT2D eigenvalue weighted by atomic mass is 16.7. The fourth-order valence-electron chi connectivity index (χ4n) is 2.65. The van der Waals surface area contributed by atoms with Crippen LogP contribution in [0.2, 0.25) is 0 Å². The molecule has 1 heterocycles. The SMILES string of the molecule is CC(=O)[C@@]1(C)ON=C2c3ccccc3CC[C@@H]2N1O. The van der Waals surface area contributed by atoms with Crippen molar-refractivity contribution in [3.8, 4) is 0 Å². The van der Waals surface area contributed by atoms with Crippen LogP contribution in [-0.2, 0) is 16.1 Å². The van der Waals surface area contributed by atoms with Crippen molar-refractivity contribution in [1.29, 1.82) is 0 Å². The number of Topliss-reactive ketones (excluding diaryl/α,β-unsaturated/α-hetero) is 1. The maximum atomic E-state index is 11.7. The first-order chi connectivity index (χ1) is 9.04. The van der Waals surface area contributed by atoms with E-state index in [1.165, 1.54) is 19.4 Å². The number of oxime groups is 1. The molecule has 0 aromatic heterocycles. The van der Waals surface area contributed by atoms with Gasteiger partial charge in [0.1, 0.15) is 5.71 Å². The smallest absolute Gasteiger partial charge is 0.268 e. The topological polar surface area (TPSA) is 62.1 Å². The van der Waals surface area contributed by atoms with E-state index in [-0.39, 0.29) is 11.8 Å². The van der Waals surface area contributed by atoms with E-state index < -0.39 is 5.72 Å². The second kappa shape index (κ2) is 4.15. The van der Waals surface area contributed by atoms with E-state index >= 15 is 0 Å². The molecule has 0 spiro atoms. The Kier molecular flexibility index (Phi) is 2.69. The molecule has 0 unspecified atom stereocenters. The highest BCUT2D eigenvalue weighted by molar-refractivity contribution is 6.07. The Morgan fingerprint density at radius 3 is 3.00 bits per heavy atom. The third-order valence-electron chi connectivity index (χ3n) is 4.00. The molecule has 5 nitrogen and oxygen atoms in total. The van der Waals surface area contributed by atoms with Gasteiger partial charge in [0.25, 0.3) is 5.72 Å². The lowest BCUT2D eigenvalue weighted by atomic mass is 9.85. The van der Waals surface area contributed by atoms with Crippen LogP contribution in [0.3, 0.4) is 0 Å². The summed E-state index contributed by atoms with van der Waals surface area (Å²) in [5.41, 5.74) is 1.49. The Balaban J connectivity index is 2.06. The number of benzene rings is 1. The van der Waals surface area contributed by atoms with Crippen molar-refractivity contribution in [1.82, 2.24) is 5.06 Å². The summed E-state index contributed by atoms with van der Waals surface area (Å²) in [7, 11) is 0. The number of carbonyl (C=O) groups excluding carboxylic acids is 1. The summed E-state index contributed by atoms with van der Waals surface area (Å²) < 4.78 is 0. The molecule has 1 N–H and O–H groups in total. The van der Waals surface area contributed by atoms with E-state index in [0.717, 1.165) is 23.5 Å². The van der Waals surface area contributed by atoms with Crippen LogP contribution >= 0.6 is 0 Å². The Labute approximate surface area is 111 Å². The lowest BCUT2D eigenvalue weighted by molar-refractivity contribution is -0.280. The number of nitrogens with zero attached hydrogens (tertiary/aromatic N) is 2. The van der Waals surface area contributed by atoms with Gasteiger partial charge in [-0.1, -0.05) is 29.4 Å². The first-order valence-corrected chi connectivity index (χ1v) is 6.37. The monoisotopic (exact) mass is 260 g/mol. The molecule has 0 saturated carbocycles. The van der Waals surface area contributed by atoms with E-state index in [2.05, 4.69) is 11.2 Å². The maximum Gasteiger partial charge on any atom is 0.268 e. The van der Waals surface area contributed by atoms with E-state index in [1.807, 2.05) is 18.2 Å². The predicted molar refractivity (Wildman–Crippen MR) is 68.9 cm³/mol. The van der Waals surface area contributed by atoms with Gasteiger partial charge in [0.05, 0.1) is 6.04 Å². The van der Waals surface area contributed by atoms with Gasteiger partial charge in [0, 0.05) is 19.4 Å². The van der Waals surface area contributed by atoms with Crippen LogP contribution in [0.15, 0.2) is 29.4 Å². The van der Waals surface area contributed by atoms with Crippen LogP contribution in [0.1, 0.15) is 31.4 Å². The Bertz CT molecular complexity index is 570. The lowest BCUT2D eigenvalue weighted by Gasteiger charge is -2.43.